The van der Waals surface area contributed by atoms with E-state index in [4.69, 9.17) is 21.1 Å². The average Bonchev–Trinajstić information content (AvgIpc) is 2.76. The van der Waals surface area contributed by atoms with Gasteiger partial charge in [-0.1, -0.05) is 17.7 Å². The normalized spacial score (nSPS) is 23.3. The van der Waals surface area contributed by atoms with Gasteiger partial charge in [-0.05, 0) is 38.9 Å². The number of halogens is 1. The maximum Gasteiger partial charge on any atom is 0.125 e. The number of rotatable bonds is 5. The highest BCUT2D eigenvalue weighted by atomic mass is 35.5. The molecular weight excluding hydrogens is 250 g/mol. The highest BCUT2D eigenvalue weighted by molar-refractivity contribution is 6.31. The van der Waals surface area contributed by atoms with Crippen LogP contribution in [0.1, 0.15) is 25.3 Å². The number of nitrogens with one attached hydrogen (secondary N) is 1. The summed E-state index contributed by atoms with van der Waals surface area (Å²) in [6.45, 7) is 3.41. The van der Waals surface area contributed by atoms with Crippen molar-refractivity contribution in [3.05, 3.63) is 28.8 Å². The molecular formula is C14H20ClNO2. The van der Waals surface area contributed by atoms with Crippen molar-refractivity contribution in [1.29, 1.82) is 0 Å². The molecule has 18 heavy (non-hydrogen) atoms. The largest absolute Gasteiger partial charge is 0.490 e. The fourth-order valence-electron chi connectivity index (χ4n) is 2.21. The second-order valence-corrected chi connectivity index (χ2v) is 5.11. The molecule has 100 valence electrons. The standard InChI is InChI=1S/C14H20ClNO2/c1-10-6-7-11(18-10)9-17-14-5-3-4-13(15)12(14)8-16-2/h3-5,10-11,16H,6-9H2,1-2H3. The molecule has 1 aromatic carbocycles. The lowest BCUT2D eigenvalue weighted by Gasteiger charge is -2.16. The molecule has 2 unspecified atom stereocenters. The molecule has 1 aliphatic heterocycles. The Kier molecular flexibility index (Phi) is 4.87. The van der Waals surface area contributed by atoms with Gasteiger partial charge in [0.25, 0.3) is 0 Å². The third-order valence-electron chi connectivity index (χ3n) is 3.17. The number of ether oxygens (including phenoxy) is 2. The highest BCUT2D eigenvalue weighted by Gasteiger charge is 2.22. The van der Waals surface area contributed by atoms with Crippen LogP contribution in [0.15, 0.2) is 18.2 Å². The van der Waals surface area contributed by atoms with Crippen LogP contribution >= 0.6 is 11.6 Å². The highest BCUT2D eigenvalue weighted by Crippen LogP contribution is 2.27. The van der Waals surface area contributed by atoms with E-state index in [1.165, 1.54) is 0 Å². The zero-order valence-electron chi connectivity index (χ0n) is 10.9. The summed E-state index contributed by atoms with van der Waals surface area (Å²) < 4.78 is 11.6. The van der Waals surface area contributed by atoms with Crippen LogP contribution in [0.3, 0.4) is 0 Å². The predicted octanol–water partition coefficient (Wildman–Crippen LogP) is 3.01. The molecule has 1 saturated heterocycles. The van der Waals surface area contributed by atoms with E-state index >= 15 is 0 Å². The van der Waals surface area contributed by atoms with Gasteiger partial charge < -0.3 is 14.8 Å². The minimum atomic E-state index is 0.210. The van der Waals surface area contributed by atoms with Crippen molar-refractivity contribution in [2.75, 3.05) is 13.7 Å². The molecule has 0 aliphatic carbocycles. The van der Waals surface area contributed by atoms with E-state index in [1.54, 1.807) is 0 Å². The fraction of sp³-hybridized carbons (Fsp3) is 0.571. The molecule has 0 aromatic heterocycles. The lowest BCUT2D eigenvalue weighted by atomic mass is 10.2. The van der Waals surface area contributed by atoms with E-state index < -0.39 is 0 Å². The van der Waals surface area contributed by atoms with Crippen molar-refractivity contribution in [3.8, 4) is 5.75 Å². The Bertz CT molecular complexity index is 397. The molecule has 0 spiro atoms. The van der Waals surface area contributed by atoms with Crippen LogP contribution in [0.25, 0.3) is 0 Å². The van der Waals surface area contributed by atoms with Gasteiger partial charge in [0.2, 0.25) is 0 Å². The van der Waals surface area contributed by atoms with Gasteiger partial charge in [0.05, 0.1) is 12.2 Å². The smallest absolute Gasteiger partial charge is 0.125 e. The third kappa shape index (κ3) is 3.37. The molecule has 1 aromatic rings. The Morgan fingerprint density at radius 3 is 2.94 bits per heavy atom. The van der Waals surface area contributed by atoms with Crippen molar-refractivity contribution in [2.45, 2.75) is 38.5 Å². The summed E-state index contributed by atoms with van der Waals surface area (Å²) in [5, 5.41) is 3.84. The fourth-order valence-corrected chi connectivity index (χ4v) is 2.45. The van der Waals surface area contributed by atoms with Gasteiger partial charge in [-0.25, -0.2) is 0 Å². The van der Waals surface area contributed by atoms with Gasteiger partial charge in [-0.3, -0.25) is 0 Å². The monoisotopic (exact) mass is 269 g/mol. The molecule has 1 N–H and O–H groups in total. The van der Waals surface area contributed by atoms with E-state index in [9.17, 15) is 0 Å². The van der Waals surface area contributed by atoms with Crippen molar-refractivity contribution in [3.63, 3.8) is 0 Å². The van der Waals surface area contributed by atoms with Crippen LogP contribution in [0, 0.1) is 0 Å². The lowest BCUT2D eigenvalue weighted by molar-refractivity contribution is 0.0262. The Labute approximate surface area is 113 Å². The number of hydrogen-bond donors (Lipinski definition) is 1. The van der Waals surface area contributed by atoms with Gasteiger partial charge >= 0.3 is 0 Å². The summed E-state index contributed by atoms with van der Waals surface area (Å²) in [6, 6.07) is 5.75. The average molecular weight is 270 g/mol. The topological polar surface area (TPSA) is 30.5 Å². The molecule has 0 amide bonds. The van der Waals surface area contributed by atoms with E-state index in [-0.39, 0.29) is 6.10 Å². The predicted molar refractivity (Wildman–Crippen MR) is 73.3 cm³/mol. The molecule has 2 rings (SSSR count). The first kappa shape index (κ1) is 13.7. The Morgan fingerprint density at radius 2 is 2.28 bits per heavy atom. The molecule has 0 saturated carbocycles. The summed E-state index contributed by atoms with van der Waals surface area (Å²) in [5.41, 5.74) is 1.01. The first-order chi connectivity index (χ1) is 8.70. The van der Waals surface area contributed by atoms with Crippen molar-refractivity contribution in [1.82, 2.24) is 5.32 Å². The Hall–Kier alpha value is -0.770. The molecule has 3 nitrogen and oxygen atoms in total. The number of hydrogen-bond acceptors (Lipinski definition) is 3. The maximum absolute atomic E-state index is 6.18. The zero-order chi connectivity index (χ0) is 13.0. The van der Waals surface area contributed by atoms with Crippen LogP contribution in [0.4, 0.5) is 0 Å². The summed E-state index contributed by atoms with van der Waals surface area (Å²) in [6.07, 6.45) is 2.76. The molecule has 0 bridgehead atoms. The van der Waals surface area contributed by atoms with Gasteiger partial charge in [0.1, 0.15) is 12.4 Å². The summed E-state index contributed by atoms with van der Waals surface area (Å²) in [7, 11) is 1.90. The van der Waals surface area contributed by atoms with E-state index in [0.717, 1.165) is 29.2 Å². The molecule has 4 heteroatoms. The lowest BCUT2D eigenvalue weighted by Crippen LogP contribution is -2.19. The van der Waals surface area contributed by atoms with Crippen molar-refractivity contribution >= 4 is 11.6 Å². The minimum Gasteiger partial charge on any atom is -0.490 e. The molecule has 1 heterocycles. The quantitative estimate of drug-likeness (QED) is 0.891. The summed E-state index contributed by atoms with van der Waals surface area (Å²) >= 11 is 6.18. The van der Waals surface area contributed by atoms with Gasteiger partial charge in [-0.2, -0.15) is 0 Å². The van der Waals surface area contributed by atoms with E-state index in [2.05, 4.69) is 12.2 Å². The molecule has 2 atom stereocenters. The third-order valence-corrected chi connectivity index (χ3v) is 3.53. The van der Waals surface area contributed by atoms with Crippen LogP contribution < -0.4 is 10.1 Å². The molecule has 1 aliphatic rings. The van der Waals surface area contributed by atoms with Crippen LogP contribution in [-0.4, -0.2) is 25.9 Å². The zero-order valence-corrected chi connectivity index (χ0v) is 11.7. The molecule has 1 fully saturated rings. The number of benzene rings is 1. The Morgan fingerprint density at radius 1 is 1.44 bits per heavy atom. The molecule has 0 radical (unpaired) electrons. The minimum absolute atomic E-state index is 0.210. The van der Waals surface area contributed by atoms with Crippen molar-refractivity contribution in [2.24, 2.45) is 0 Å². The first-order valence-electron chi connectivity index (χ1n) is 6.41. The van der Waals surface area contributed by atoms with Crippen molar-refractivity contribution < 1.29 is 9.47 Å². The van der Waals surface area contributed by atoms with Crippen LogP contribution in [0.5, 0.6) is 5.75 Å². The summed E-state index contributed by atoms with van der Waals surface area (Å²) in [5.74, 6) is 0.847. The van der Waals surface area contributed by atoms with Crippen LogP contribution in [-0.2, 0) is 11.3 Å². The van der Waals surface area contributed by atoms with Gasteiger partial charge in [-0.15, -0.1) is 0 Å². The SMILES string of the molecule is CNCc1c(Cl)cccc1OCC1CCC(C)O1. The summed E-state index contributed by atoms with van der Waals surface area (Å²) in [4.78, 5) is 0. The van der Waals surface area contributed by atoms with Crippen LogP contribution in [0.2, 0.25) is 5.02 Å². The van der Waals surface area contributed by atoms with E-state index in [0.29, 0.717) is 19.3 Å². The Balaban J connectivity index is 1.98. The second-order valence-electron chi connectivity index (χ2n) is 4.70. The maximum atomic E-state index is 6.18. The van der Waals surface area contributed by atoms with Gasteiger partial charge in [0, 0.05) is 17.1 Å². The first-order valence-corrected chi connectivity index (χ1v) is 6.78. The van der Waals surface area contributed by atoms with Gasteiger partial charge in [0.15, 0.2) is 0 Å². The second kappa shape index (κ2) is 6.41. The van der Waals surface area contributed by atoms with E-state index in [1.807, 2.05) is 25.2 Å².